The van der Waals surface area contributed by atoms with Crippen molar-refractivity contribution in [1.82, 2.24) is 0 Å². The molecule has 0 aliphatic rings. The van der Waals surface area contributed by atoms with Gasteiger partial charge in [0.15, 0.2) is 0 Å². The lowest BCUT2D eigenvalue weighted by Crippen LogP contribution is -1.56. The van der Waals surface area contributed by atoms with Gasteiger partial charge < -0.3 is 15.3 Å². The minimum Gasteiger partial charge on any atom is -0.508 e. The first kappa shape index (κ1) is 44.7. The molecule has 0 saturated heterocycles. The van der Waals surface area contributed by atoms with E-state index in [2.05, 4.69) is 27.7 Å². The third kappa shape index (κ3) is 51.6. The minimum atomic E-state index is 0. The van der Waals surface area contributed by atoms with Crippen LogP contribution < -0.4 is 0 Å². The molecule has 0 saturated carbocycles. The van der Waals surface area contributed by atoms with Gasteiger partial charge in [-0.05, 0) is 36.4 Å². The van der Waals surface area contributed by atoms with Gasteiger partial charge >= 0.3 is 0 Å². The second kappa shape index (κ2) is 47.7. The van der Waals surface area contributed by atoms with Gasteiger partial charge in [-0.1, -0.05) is 144 Å². The van der Waals surface area contributed by atoms with Crippen molar-refractivity contribution in [3.63, 3.8) is 0 Å². The molecule has 0 radical (unpaired) electrons. The highest BCUT2D eigenvalue weighted by Crippen LogP contribution is 2.04. The Hall–Kier alpha value is -2.94. The summed E-state index contributed by atoms with van der Waals surface area (Å²) >= 11 is 0. The van der Waals surface area contributed by atoms with Gasteiger partial charge in [0.25, 0.3) is 0 Å². The molecule has 0 heterocycles. The largest absolute Gasteiger partial charge is 0.508 e. The Bertz CT molecular complexity index is 521. The number of hydrogen-bond acceptors (Lipinski definition) is 3. The Balaban J connectivity index is -0.0000000700. The van der Waals surface area contributed by atoms with Crippen molar-refractivity contribution in [2.75, 3.05) is 0 Å². The Morgan fingerprint density at radius 3 is 0.559 bits per heavy atom. The molecule has 198 valence electrons. The van der Waals surface area contributed by atoms with Crippen LogP contribution in [0.15, 0.2) is 91.0 Å². The normalized spacial score (nSPS) is 6.88. The van der Waals surface area contributed by atoms with E-state index >= 15 is 0 Å². The molecule has 0 aromatic heterocycles. The molecule has 0 fully saturated rings. The average molecular weight is 477 g/mol. The molecule has 0 amide bonds. The molecule has 0 bridgehead atoms. The van der Waals surface area contributed by atoms with Gasteiger partial charge in [0.05, 0.1) is 0 Å². The molecular weight excluding hydrogens is 420 g/mol. The first-order chi connectivity index (χ1) is 16.0. The van der Waals surface area contributed by atoms with E-state index in [0.717, 1.165) is 0 Å². The van der Waals surface area contributed by atoms with Gasteiger partial charge in [0.1, 0.15) is 17.2 Å². The Morgan fingerprint density at radius 1 is 0.382 bits per heavy atom. The topological polar surface area (TPSA) is 60.7 Å². The quantitative estimate of drug-likeness (QED) is 0.302. The van der Waals surface area contributed by atoms with Crippen LogP contribution in [0.4, 0.5) is 0 Å². The lowest BCUT2D eigenvalue weighted by Gasteiger charge is -1.82. The second-order valence-corrected chi connectivity index (χ2v) is 5.42. The zero-order chi connectivity index (χ0) is 26.8. The van der Waals surface area contributed by atoms with Crippen molar-refractivity contribution in [2.45, 2.75) is 89.5 Å². The SMILES string of the molecule is C.CC.CC.CC.CCC.CCC.Oc1ccccc1.Oc1ccccc1.Oc1ccccc1. The first-order valence-electron chi connectivity index (χ1n) is 12.2. The maximum absolute atomic E-state index is 8.63. The van der Waals surface area contributed by atoms with Crippen molar-refractivity contribution in [3.05, 3.63) is 91.0 Å². The number of rotatable bonds is 0. The molecule has 3 aromatic rings. The number of benzene rings is 3. The summed E-state index contributed by atoms with van der Waals surface area (Å²) in [5.41, 5.74) is 0. The van der Waals surface area contributed by atoms with Crippen LogP contribution in [0.1, 0.15) is 89.5 Å². The molecule has 0 aliphatic carbocycles. The fourth-order valence-corrected chi connectivity index (χ4v) is 1.28. The summed E-state index contributed by atoms with van der Waals surface area (Å²) in [6.07, 6.45) is 2.50. The molecule has 0 atom stereocenters. The number of para-hydroxylation sites is 3. The van der Waals surface area contributed by atoms with Crippen molar-refractivity contribution in [2.24, 2.45) is 0 Å². The monoisotopic (exact) mass is 476 g/mol. The van der Waals surface area contributed by atoms with E-state index < -0.39 is 0 Å². The summed E-state index contributed by atoms with van der Waals surface area (Å²) in [5.74, 6) is 0.965. The maximum atomic E-state index is 8.63. The molecule has 3 N–H and O–H groups in total. The summed E-state index contributed by atoms with van der Waals surface area (Å²) in [7, 11) is 0. The Labute approximate surface area is 213 Å². The van der Waals surface area contributed by atoms with Gasteiger partial charge in [-0.25, -0.2) is 0 Å². The minimum absolute atomic E-state index is 0. The van der Waals surface area contributed by atoms with E-state index in [4.69, 9.17) is 15.3 Å². The number of hydrogen-bond donors (Lipinski definition) is 3. The molecule has 0 aliphatic heterocycles. The predicted molar refractivity (Wildman–Crippen MR) is 157 cm³/mol. The smallest absolute Gasteiger partial charge is 0.115 e. The Kier molecular flexibility index (Phi) is 62.7. The maximum Gasteiger partial charge on any atom is 0.115 e. The second-order valence-electron chi connectivity index (χ2n) is 5.42. The van der Waals surface area contributed by atoms with E-state index in [1.165, 1.54) is 12.8 Å². The zero-order valence-corrected chi connectivity index (χ0v) is 22.9. The summed E-state index contributed by atoms with van der Waals surface area (Å²) in [5, 5.41) is 25.9. The van der Waals surface area contributed by atoms with Crippen molar-refractivity contribution in [3.8, 4) is 17.2 Å². The molecule has 0 unspecified atom stereocenters. The average Bonchev–Trinajstić information content (AvgIpc) is 2.86. The summed E-state index contributed by atoms with van der Waals surface area (Å²) < 4.78 is 0. The number of phenols is 3. The van der Waals surface area contributed by atoms with E-state index in [9.17, 15) is 0 Å². The van der Waals surface area contributed by atoms with Crippen molar-refractivity contribution < 1.29 is 15.3 Å². The van der Waals surface area contributed by atoms with Crippen LogP contribution in [0.3, 0.4) is 0 Å². The Morgan fingerprint density at radius 2 is 0.500 bits per heavy atom. The standard InChI is InChI=1S/3C6H6O.2C3H8.3C2H6.CH4/c3*7-6-4-2-1-3-5-6;2*1-3-2;3*1-2;/h3*1-5,7H;2*3H2,1-2H3;3*1-2H3;1H4. The highest BCUT2D eigenvalue weighted by atomic mass is 16.3. The van der Waals surface area contributed by atoms with Gasteiger partial charge in [0.2, 0.25) is 0 Å². The van der Waals surface area contributed by atoms with Crippen LogP contribution in [0.25, 0.3) is 0 Å². The third-order valence-corrected chi connectivity index (χ3v) is 2.27. The fourth-order valence-electron chi connectivity index (χ4n) is 1.28. The fraction of sp³-hybridized carbons (Fsp3) is 0.419. The van der Waals surface area contributed by atoms with Gasteiger partial charge in [-0.15, -0.1) is 0 Å². The van der Waals surface area contributed by atoms with Crippen LogP contribution in [0, 0.1) is 0 Å². The van der Waals surface area contributed by atoms with Crippen LogP contribution >= 0.6 is 0 Å². The molecule has 3 rings (SSSR count). The van der Waals surface area contributed by atoms with E-state index in [-0.39, 0.29) is 7.43 Å². The van der Waals surface area contributed by atoms with Gasteiger partial charge in [0, 0.05) is 0 Å². The summed E-state index contributed by atoms with van der Waals surface area (Å²) in [6, 6.07) is 26.1. The van der Waals surface area contributed by atoms with Crippen LogP contribution in [0.2, 0.25) is 0 Å². The lowest BCUT2D eigenvalue weighted by molar-refractivity contribution is 0.475. The van der Waals surface area contributed by atoms with Crippen LogP contribution in [-0.2, 0) is 0 Å². The van der Waals surface area contributed by atoms with Crippen molar-refractivity contribution in [1.29, 1.82) is 0 Å². The van der Waals surface area contributed by atoms with E-state index in [1.54, 1.807) is 72.8 Å². The van der Waals surface area contributed by atoms with Gasteiger partial charge in [-0.3, -0.25) is 0 Å². The molecule has 34 heavy (non-hydrogen) atoms. The molecule has 3 heteroatoms. The van der Waals surface area contributed by atoms with Crippen LogP contribution in [0.5, 0.6) is 17.2 Å². The number of phenolic OH excluding ortho intramolecular Hbond substituents is 3. The number of aromatic hydroxyl groups is 3. The highest BCUT2D eigenvalue weighted by Gasteiger charge is 1.76. The molecule has 3 aromatic carbocycles. The zero-order valence-electron chi connectivity index (χ0n) is 22.9. The van der Waals surface area contributed by atoms with Crippen molar-refractivity contribution >= 4 is 0 Å². The predicted octanol–water partition coefficient (Wildman–Crippen LogP) is 10.7. The van der Waals surface area contributed by atoms with Crippen LogP contribution in [-0.4, -0.2) is 15.3 Å². The summed E-state index contributed by atoms with van der Waals surface area (Å²) in [4.78, 5) is 0. The van der Waals surface area contributed by atoms with E-state index in [1.807, 2.05) is 59.7 Å². The highest BCUT2D eigenvalue weighted by molar-refractivity contribution is 5.19. The first-order valence-corrected chi connectivity index (χ1v) is 12.2. The third-order valence-electron chi connectivity index (χ3n) is 2.27. The lowest BCUT2D eigenvalue weighted by atomic mass is 10.3. The molecule has 3 nitrogen and oxygen atoms in total. The molecule has 0 spiro atoms. The summed E-state index contributed by atoms with van der Waals surface area (Å²) in [6.45, 7) is 20.5. The van der Waals surface area contributed by atoms with Gasteiger partial charge in [-0.2, -0.15) is 0 Å². The van der Waals surface area contributed by atoms with E-state index in [0.29, 0.717) is 17.2 Å². The molecular formula is C31H56O3.